The highest BCUT2D eigenvalue weighted by Crippen LogP contribution is 2.46. The van der Waals surface area contributed by atoms with E-state index in [9.17, 15) is 26.3 Å². The molecule has 0 bridgehead atoms. The predicted molar refractivity (Wildman–Crippen MR) is 45.8 cm³/mol. The van der Waals surface area contributed by atoms with Gasteiger partial charge in [-0.3, -0.25) is 0 Å². The molecular formula is C8H6ClF6NO. The molecular weight excluding hydrogens is 276 g/mol. The molecule has 0 radical (unpaired) electrons. The third-order valence-electron chi connectivity index (χ3n) is 1.82. The van der Waals surface area contributed by atoms with Crippen LogP contribution >= 0.6 is 11.6 Å². The molecule has 98 valence electrons. The Kier molecular flexibility index (Phi) is 3.95. The summed E-state index contributed by atoms with van der Waals surface area (Å²) < 4.78 is 78.0. The lowest BCUT2D eigenvalue weighted by Crippen LogP contribution is -2.33. The van der Waals surface area contributed by atoms with Gasteiger partial charge >= 0.3 is 12.4 Å². The van der Waals surface area contributed by atoms with E-state index in [1.807, 2.05) is 0 Å². The summed E-state index contributed by atoms with van der Waals surface area (Å²) in [5.74, 6) is -5.20. The van der Waals surface area contributed by atoms with Crippen molar-refractivity contribution in [2.75, 3.05) is 5.88 Å². The number of oxazole rings is 1. The minimum absolute atomic E-state index is 0.0113. The van der Waals surface area contributed by atoms with Crippen LogP contribution in [0.1, 0.15) is 17.6 Å². The van der Waals surface area contributed by atoms with Crippen LogP contribution in [-0.2, 0) is 6.42 Å². The number of nitrogens with zero attached hydrogens (tertiary/aromatic N) is 1. The van der Waals surface area contributed by atoms with Crippen LogP contribution < -0.4 is 0 Å². The van der Waals surface area contributed by atoms with Crippen LogP contribution in [0.25, 0.3) is 0 Å². The van der Waals surface area contributed by atoms with Gasteiger partial charge in [0.05, 0.1) is 6.20 Å². The van der Waals surface area contributed by atoms with E-state index in [1.54, 1.807) is 0 Å². The smallest absolute Gasteiger partial charge is 0.407 e. The summed E-state index contributed by atoms with van der Waals surface area (Å²) >= 11 is 5.26. The van der Waals surface area contributed by atoms with Crippen LogP contribution in [-0.4, -0.2) is 23.2 Å². The Morgan fingerprint density at radius 2 is 1.71 bits per heavy atom. The number of aromatic nitrogens is 1. The van der Waals surface area contributed by atoms with E-state index in [1.165, 1.54) is 0 Å². The summed E-state index contributed by atoms with van der Waals surface area (Å²) in [6.07, 6.45) is -10.6. The van der Waals surface area contributed by atoms with Crippen molar-refractivity contribution in [2.45, 2.75) is 24.7 Å². The fourth-order valence-electron chi connectivity index (χ4n) is 1.16. The number of aryl methyl sites for hydroxylation is 1. The molecule has 1 aromatic heterocycles. The second-order valence-electron chi connectivity index (χ2n) is 3.11. The molecule has 0 saturated heterocycles. The predicted octanol–water partition coefficient (Wildman–Crippen LogP) is 3.66. The molecule has 17 heavy (non-hydrogen) atoms. The summed E-state index contributed by atoms with van der Waals surface area (Å²) in [4.78, 5) is 3.30. The topological polar surface area (TPSA) is 26.0 Å². The molecule has 9 heteroatoms. The molecule has 0 unspecified atom stereocenters. The first-order valence-corrected chi connectivity index (χ1v) is 4.83. The third kappa shape index (κ3) is 3.52. The second-order valence-corrected chi connectivity index (χ2v) is 3.49. The molecule has 0 amide bonds. The first-order chi connectivity index (χ1) is 7.66. The molecule has 1 rings (SSSR count). The van der Waals surface area contributed by atoms with Crippen molar-refractivity contribution < 1.29 is 30.8 Å². The Labute approximate surface area is 96.6 Å². The van der Waals surface area contributed by atoms with Gasteiger partial charge in [0.1, 0.15) is 5.76 Å². The van der Waals surface area contributed by atoms with Gasteiger partial charge in [-0.25, -0.2) is 4.98 Å². The lowest BCUT2D eigenvalue weighted by Gasteiger charge is -2.20. The Balaban J connectivity index is 3.06. The van der Waals surface area contributed by atoms with E-state index in [-0.39, 0.29) is 18.2 Å². The Bertz CT molecular complexity index is 357. The van der Waals surface area contributed by atoms with Crippen molar-refractivity contribution in [1.82, 2.24) is 4.98 Å². The van der Waals surface area contributed by atoms with Gasteiger partial charge in [-0.15, -0.1) is 11.6 Å². The van der Waals surface area contributed by atoms with Gasteiger partial charge in [-0.05, 0) is 0 Å². The molecule has 0 aliphatic heterocycles. The lowest BCUT2D eigenvalue weighted by atomic mass is 10.1. The van der Waals surface area contributed by atoms with Crippen molar-refractivity contribution in [3.05, 3.63) is 17.8 Å². The maximum atomic E-state index is 12.3. The van der Waals surface area contributed by atoms with Gasteiger partial charge in [0.2, 0.25) is 5.92 Å². The van der Waals surface area contributed by atoms with Crippen LogP contribution in [0.3, 0.4) is 0 Å². The largest absolute Gasteiger partial charge is 0.445 e. The summed E-state index contributed by atoms with van der Waals surface area (Å²) in [5, 5.41) is 0. The monoisotopic (exact) mass is 281 g/mol. The van der Waals surface area contributed by atoms with Crippen LogP contribution in [0.2, 0.25) is 0 Å². The molecule has 0 aliphatic carbocycles. The molecule has 0 atom stereocenters. The highest BCUT2D eigenvalue weighted by Gasteiger charge is 2.59. The van der Waals surface area contributed by atoms with Crippen molar-refractivity contribution in [3.63, 3.8) is 0 Å². The maximum Gasteiger partial charge on any atom is 0.407 e. The van der Waals surface area contributed by atoms with E-state index in [0.717, 1.165) is 0 Å². The summed E-state index contributed by atoms with van der Waals surface area (Å²) in [6, 6.07) is 0. The zero-order valence-electron chi connectivity index (χ0n) is 8.07. The molecule has 0 aromatic carbocycles. The van der Waals surface area contributed by atoms with Gasteiger partial charge in [-0.2, -0.15) is 26.3 Å². The standard InChI is InChI=1S/C8H6ClF6NO/c9-2-1-5-16-3-4(17-5)6(7(10,11)12)8(13,14)15/h3,6H,1-2H2. The number of halogens is 7. The van der Waals surface area contributed by atoms with Crippen molar-refractivity contribution >= 4 is 11.6 Å². The van der Waals surface area contributed by atoms with Gasteiger partial charge in [0.25, 0.3) is 0 Å². The fraction of sp³-hybridized carbons (Fsp3) is 0.625. The van der Waals surface area contributed by atoms with Gasteiger partial charge in [0, 0.05) is 12.3 Å². The molecule has 2 nitrogen and oxygen atoms in total. The Hall–Kier alpha value is -0.920. The molecule has 0 aliphatic rings. The summed E-state index contributed by atoms with van der Waals surface area (Å²) in [7, 11) is 0. The van der Waals surface area contributed by atoms with E-state index in [0.29, 0.717) is 6.20 Å². The van der Waals surface area contributed by atoms with Gasteiger partial charge in [0.15, 0.2) is 5.89 Å². The number of hydrogen-bond donors (Lipinski definition) is 0. The maximum absolute atomic E-state index is 12.3. The van der Waals surface area contributed by atoms with Crippen LogP contribution in [0, 0.1) is 0 Å². The van der Waals surface area contributed by atoms with E-state index in [2.05, 4.69) is 9.40 Å². The zero-order valence-corrected chi connectivity index (χ0v) is 8.83. The number of hydrogen-bond acceptors (Lipinski definition) is 2. The molecule has 0 N–H and O–H groups in total. The van der Waals surface area contributed by atoms with Crippen LogP contribution in [0.15, 0.2) is 10.6 Å². The first-order valence-electron chi connectivity index (χ1n) is 4.30. The minimum Gasteiger partial charge on any atom is -0.445 e. The average molecular weight is 282 g/mol. The van der Waals surface area contributed by atoms with Gasteiger partial charge in [-0.1, -0.05) is 0 Å². The molecule has 0 fully saturated rings. The highest BCUT2D eigenvalue weighted by atomic mass is 35.5. The number of rotatable bonds is 3. The van der Waals surface area contributed by atoms with Crippen LogP contribution in [0.4, 0.5) is 26.3 Å². The average Bonchev–Trinajstić information content (AvgIpc) is 2.47. The van der Waals surface area contributed by atoms with E-state index < -0.39 is 24.0 Å². The fourth-order valence-corrected chi connectivity index (χ4v) is 1.32. The summed E-state index contributed by atoms with van der Waals surface area (Å²) in [6.45, 7) is 0. The SMILES string of the molecule is FC(F)(F)C(c1cnc(CCCl)o1)C(F)(F)F. The number of alkyl halides is 7. The first kappa shape index (κ1) is 14.1. The third-order valence-corrected chi connectivity index (χ3v) is 2.01. The molecule has 0 saturated carbocycles. The van der Waals surface area contributed by atoms with Crippen molar-refractivity contribution in [2.24, 2.45) is 0 Å². The lowest BCUT2D eigenvalue weighted by molar-refractivity contribution is -0.257. The summed E-state index contributed by atoms with van der Waals surface area (Å²) in [5.41, 5.74) is 0. The minimum atomic E-state index is -5.48. The van der Waals surface area contributed by atoms with Crippen molar-refractivity contribution in [3.8, 4) is 0 Å². The second kappa shape index (κ2) is 4.75. The molecule has 1 aromatic rings. The zero-order chi connectivity index (χ0) is 13.3. The van der Waals surface area contributed by atoms with Crippen LogP contribution in [0.5, 0.6) is 0 Å². The normalized spacial score (nSPS) is 13.4. The quantitative estimate of drug-likeness (QED) is 0.624. The Morgan fingerprint density at radius 1 is 1.18 bits per heavy atom. The Morgan fingerprint density at radius 3 is 2.12 bits per heavy atom. The molecule has 1 heterocycles. The molecule has 0 spiro atoms. The van der Waals surface area contributed by atoms with Crippen molar-refractivity contribution in [1.29, 1.82) is 0 Å². The highest BCUT2D eigenvalue weighted by molar-refractivity contribution is 6.17. The van der Waals surface area contributed by atoms with E-state index >= 15 is 0 Å². The van der Waals surface area contributed by atoms with E-state index in [4.69, 9.17) is 11.6 Å². The van der Waals surface area contributed by atoms with Gasteiger partial charge < -0.3 is 4.42 Å².